The quantitative estimate of drug-likeness (QED) is 0.500. The van der Waals surface area contributed by atoms with Crippen molar-refractivity contribution in [3.8, 4) is 0 Å². The molecule has 1 fully saturated rings. The van der Waals surface area contributed by atoms with Crippen molar-refractivity contribution >= 4 is 17.1 Å². The molecule has 1 saturated heterocycles. The van der Waals surface area contributed by atoms with E-state index in [9.17, 15) is 10.1 Å². The van der Waals surface area contributed by atoms with E-state index in [-0.39, 0.29) is 5.69 Å². The zero-order chi connectivity index (χ0) is 14.0. The Morgan fingerprint density at radius 2 is 2.16 bits per heavy atom. The van der Waals surface area contributed by atoms with E-state index < -0.39 is 4.92 Å². The van der Waals surface area contributed by atoms with Crippen LogP contribution in [0.4, 0.5) is 17.1 Å². The minimum atomic E-state index is -0.417. The van der Waals surface area contributed by atoms with Crippen molar-refractivity contribution in [3.05, 3.63) is 28.3 Å². The van der Waals surface area contributed by atoms with Crippen molar-refractivity contribution in [3.63, 3.8) is 0 Å². The number of hydrogen-bond donors (Lipinski definition) is 1. The highest BCUT2D eigenvalue weighted by atomic mass is 16.6. The fraction of sp³-hybridized carbons (Fsp3) is 0.538. The summed E-state index contributed by atoms with van der Waals surface area (Å²) in [6.07, 6.45) is 1.07. The van der Waals surface area contributed by atoms with Gasteiger partial charge in [-0.3, -0.25) is 10.1 Å². The van der Waals surface area contributed by atoms with Crippen molar-refractivity contribution in [1.29, 1.82) is 0 Å². The molecule has 1 aliphatic heterocycles. The molecule has 0 saturated carbocycles. The molecule has 0 aliphatic carbocycles. The maximum Gasteiger partial charge on any atom is 0.271 e. The lowest BCUT2D eigenvalue weighted by atomic mass is 10.1. The Bertz CT molecular complexity index is 478. The lowest BCUT2D eigenvalue weighted by Crippen LogP contribution is -2.38. The van der Waals surface area contributed by atoms with Crippen LogP contribution in [-0.4, -0.2) is 42.5 Å². The average Bonchev–Trinajstić information content (AvgIpc) is 2.50. The number of hydrogen-bond acceptors (Lipinski definition) is 5. The largest absolute Gasteiger partial charge is 0.397 e. The van der Waals surface area contributed by atoms with Crippen molar-refractivity contribution in [2.24, 2.45) is 0 Å². The van der Waals surface area contributed by atoms with Gasteiger partial charge in [0.1, 0.15) is 0 Å². The summed E-state index contributed by atoms with van der Waals surface area (Å²) >= 11 is 0. The van der Waals surface area contributed by atoms with E-state index in [1.165, 1.54) is 12.1 Å². The maximum absolute atomic E-state index is 10.7. The van der Waals surface area contributed by atoms with Gasteiger partial charge in [0, 0.05) is 31.3 Å². The number of likely N-dealkylation sites (N-methyl/N-ethyl adjacent to an activating group) is 1. The monoisotopic (exact) mass is 264 g/mol. The molecule has 1 aliphatic rings. The SMILES string of the molecule is CC1CN(C)CCCN1c1ccc([N+](=O)[O-])cc1N. The highest BCUT2D eigenvalue weighted by Gasteiger charge is 2.22. The number of non-ortho nitro benzene ring substituents is 1. The molecular formula is C13H20N4O2. The number of anilines is 2. The summed E-state index contributed by atoms with van der Waals surface area (Å²) in [5, 5.41) is 10.7. The third kappa shape index (κ3) is 2.96. The molecule has 2 N–H and O–H groups in total. The van der Waals surface area contributed by atoms with Crippen LogP contribution in [0.1, 0.15) is 13.3 Å². The fourth-order valence-electron chi connectivity index (χ4n) is 2.65. The summed E-state index contributed by atoms with van der Waals surface area (Å²) in [7, 11) is 2.11. The van der Waals surface area contributed by atoms with Crippen LogP contribution < -0.4 is 10.6 Å². The van der Waals surface area contributed by atoms with Gasteiger partial charge in [0.25, 0.3) is 5.69 Å². The first kappa shape index (κ1) is 13.6. The summed E-state index contributed by atoms with van der Waals surface area (Å²) in [4.78, 5) is 14.9. The van der Waals surface area contributed by atoms with Crippen LogP contribution in [0.15, 0.2) is 18.2 Å². The standard InChI is InChI=1S/C13H20N4O2/c1-10-9-15(2)6-3-7-16(10)13-5-4-11(17(18)19)8-12(13)14/h4-5,8,10H,3,6-7,9,14H2,1-2H3. The molecule has 0 aromatic heterocycles. The van der Waals surface area contributed by atoms with Gasteiger partial charge in [-0.15, -0.1) is 0 Å². The van der Waals surface area contributed by atoms with E-state index in [1.54, 1.807) is 6.07 Å². The van der Waals surface area contributed by atoms with Crippen LogP contribution in [0.3, 0.4) is 0 Å². The lowest BCUT2D eigenvalue weighted by Gasteiger charge is -2.31. The van der Waals surface area contributed by atoms with Gasteiger partial charge in [0.15, 0.2) is 0 Å². The first-order valence-corrected chi connectivity index (χ1v) is 6.48. The van der Waals surface area contributed by atoms with Gasteiger partial charge >= 0.3 is 0 Å². The Labute approximate surface area is 112 Å². The lowest BCUT2D eigenvalue weighted by molar-refractivity contribution is -0.384. The van der Waals surface area contributed by atoms with E-state index in [4.69, 9.17) is 5.73 Å². The zero-order valence-electron chi connectivity index (χ0n) is 11.4. The van der Waals surface area contributed by atoms with E-state index in [1.807, 2.05) is 0 Å². The van der Waals surface area contributed by atoms with Crippen molar-refractivity contribution in [2.45, 2.75) is 19.4 Å². The highest BCUT2D eigenvalue weighted by Crippen LogP contribution is 2.30. The van der Waals surface area contributed by atoms with Gasteiger partial charge in [-0.25, -0.2) is 0 Å². The van der Waals surface area contributed by atoms with Crippen molar-refractivity contribution in [2.75, 3.05) is 37.3 Å². The van der Waals surface area contributed by atoms with E-state index in [2.05, 4.69) is 23.8 Å². The Kier molecular flexibility index (Phi) is 3.90. The molecule has 1 heterocycles. The number of nitro benzene ring substituents is 1. The van der Waals surface area contributed by atoms with Crippen LogP contribution in [0.2, 0.25) is 0 Å². The Balaban J connectivity index is 2.27. The second-order valence-corrected chi connectivity index (χ2v) is 5.16. The molecule has 0 amide bonds. The molecule has 1 aromatic rings. The molecule has 0 spiro atoms. The number of rotatable bonds is 2. The van der Waals surface area contributed by atoms with Gasteiger partial charge in [0.2, 0.25) is 0 Å². The maximum atomic E-state index is 10.7. The average molecular weight is 264 g/mol. The Morgan fingerprint density at radius 1 is 1.42 bits per heavy atom. The molecule has 1 aromatic carbocycles. The van der Waals surface area contributed by atoms with Gasteiger partial charge < -0.3 is 15.5 Å². The van der Waals surface area contributed by atoms with Crippen LogP contribution >= 0.6 is 0 Å². The zero-order valence-corrected chi connectivity index (χ0v) is 11.4. The van der Waals surface area contributed by atoms with Crippen LogP contribution in [0.25, 0.3) is 0 Å². The van der Waals surface area contributed by atoms with E-state index in [0.29, 0.717) is 11.7 Å². The predicted octanol–water partition coefficient (Wildman–Crippen LogP) is 1.71. The minimum absolute atomic E-state index is 0.0424. The number of nitrogens with two attached hydrogens (primary N) is 1. The van der Waals surface area contributed by atoms with Crippen LogP contribution in [-0.2, 0) is 0 Å². The summed E-state index contributed by atoms with van der Waals surface area (Å²) in [5.41, 5.74) is 7.39. The normalized spacial score (nSPS) is 21.2. The van der Waals surface area contributed by atoms with Crippen LogP contribution in [0.5, 0.6) is 0 Å². The van der Waals surface area contributed by atoms with E-state index in [0.717, 1.165) is 31.7 Å². The predicted molar refractivity (Wildman–Crippen MR) is 76.4 cm³/mol. The summed E-state index contributed by atoms with van der Waals surface area (Å²) in [5.74, 6) is 0. The highest BCUT2D eigenvalue weighted by molar-refractivity contribution is 5.71. The molecule has 1 atom stereocenters. The minimum Gasteiger partial charge on any atom is -0.397 e. The number of benzene rings is 1. The molecular weight excluding hydrogens is 244 g/mol. The van der Waals surface area contributed by atoms with Gasteiger partial charge in [0.05, 0.1) is 16.3 Å². The molecule has 2 rings (SSSR count). The molecule has 19 heavy (non-hydrogen) atoms. The summed E-state index contributed by atoms with van der Waals surface area (Å²) < 4.78 is 0. The number of nitro groups is 1. The number of nitrogens with zero attached hydrogens (tertiary/aromatic N) is 3. The molecule has 1 unspecified atom stereocenters. The molecule has 0 bridgehead atoms. The Hall–Kier alpha value is -1.82. The summed E-state index contributed by atoms with van der Waals surface area (Å²) in [6.45, 7) is 5.11. The Morgan fingerprint density at radius 3 is 2.79 bits per heavy atom. The second kappa shape index (κ2) is 5.44. The second-order valence-electron chi connectivity index (χ2n) is 5.16. The summed E-state index contributed by atoms with van der Waals surface area (Å²) in [6, 6.07) is 5.06. The fourth-order valence-corrected chi connectivity index (χ4v) is 2.65. The topological polar surface area (TPSA) is 75.6 Å². The van der Waals surface area contributed by atoms with E-state index >= 15 is 0 Å². The third-order valence-corrected chi connectivity index (χ3v) is 3.58. The molecule has 6 nitrogen and oxygen atoms in total. The first-order chi connectivity index (χ1) is 8.99. The molecule has 104 valence electrons. The van der Waals surface area contributed by atoms with Gasteiger partial charge in [-0.05, 0) is 33.0 Å². The van der Waals surface area contributed by atoms with Crippen LogP contribution in [0, 0.1) is 10.1 Å². The van der Waals surface area contributed by atoms with Gasteiger partial charge in [-0.1, -0.05) is 0 Å². The van der Waals surface area contributed by atoms with Crippen molar-refractivity contribution in [1.82, 2.24) is 4.90 Å². The van der Waals surface area contributed by atoms with Crippen molar-refractivity contribution < 1.29 is 4.92 Å². The van der Waals surface area contributed by atoms with Gasteiger partial charge in [-0.2, -0.15) is 0 Å². The smallest absolute Gasteiger partial charge is 0.271 e. The molecule has 6 heteroatoms. The first-order valence-electron chi connectivity index (χ1n) is 6.48. The third-order valence-electron chi connectivity index (χ3n) is 3.58. The number of nitrogen functional groups attached to an aromatic ring is 1. The molecule has 0 radical (unpaired) electrons.